The van der Waals surface area contributed by atoms with Crippen LogP contribution in [0.3, 0.4) is 0 Å². The van der Waals surface area contributed by atoms with Crippen molar-refractivity contribution < 1.29 is 0 Å². The highest BCUT2D eigenvalue weighted by Gasteiger charge is 2.17. The van der Waals surface area contributed by atoms with Gasteiger partial charge in [0.15, 0.2) is 0 Å². The Labute approximate surface area is 202 Å². The summed E-state index contributed by atoms with van der Waals surface area (Å²) < 4.78 is 1.78. The van der Waals surface area contributed by atoms with Crippen molar-refractivity contribution in [1.82, 2.24) is 9.55 Å². The van der Waals surface area contributed by atoms with Crippen LogP contribution in [0.1, 0.15) is 12.8 Å². The van der Waals surface area contributed by atoms with Crippen molar-refractivity contribution in [3.63, 3.8) is 0 Å². The highest BCUT2D eigenvalue weighted by atomic mass is 16.1. The molecule has 1 aromatic heterocycles. The highest BCUT2D eigenvalue weighted by Crippen LogP contribution is 2.37. The zero-order chi connectivity index (χ0) is 23.4. The van der Waals surface area contributed by atoms with Gasteiger partial charge in [0.25, 0.3) is 5.56 Å². The smallest absolute Gasteiger partial charge is 0.266 e. The Kier molecular flexibility index (Phi) is 4.43. The van der Waals surface area contributed by atoms with Gasteiger partial charge in [0.05, 0.1) is 10.9 Å². The lowest BCUT2D eigenvalue weighted by Gasteiger charge is -2.17. The van der Waals surface area contributed by atoms with Crippen molar-refractivity contribution in [3.8, 4) is 11.4 Å². The molecule has 6 aromatic rings. The van der Waals surface area contributed by atoms with Crippen molar-refractivity contribution >= 4 is 48.9 Å². The summed E-state index contributed by atoms with van der Waals surface area (Å²) in [5.74, 6) is 0.672. The average molecular weight is 451 g/mol. The number of nitrogens with zero attached hydrogens (tertiary/aromatic N) is 2. The van der Waals surface area contributed by atoms with Crippen molar-refractivity contribution in [1.29, 1.82) is 0 Å². The number of para-hydroxylation sites is 1. The highest BCUT2D eigenvalue weighted by molar-refractivity contribution is 6.25. The molecule has 0 saturated heterocycles. The molecule has 0 fully saturated rings. The van der Waals surface area contributed by atoms with E-state index in [-0.39, 0.29) is 5.56 Å². The number of rotatable bonds is 2. The molecule has 3 heteroatoms. The van der Waals surface area contributed by atoms with E-state index in [9.17, 15) is 4.79 Å². The first-order valence-electron chi connectivity index (χ1n) is 12.0. The summed E-state index contributed by atoms with van der Waals surface area (Å²) in [6, 6.07) is 31.2. The summed E-state index contributed by atoms with van der Waals surface area (Å²) in [5.41, 5.74) is 2.50. The van der Waals surface area contributed by atoms with E-state index in [0.717, 1.165) is 24.1 Å². The Morgan fingerprint density at radius 2 is 1.23 bits per heavy atom. The van der Waals surface area contributed by atoms with Crippen LogP contribution in [0, 0.1) is 0 Å². The zero-order valence-corrected chi connectivity index (χ0v) is 19.1. The number of hydrogen-bond acceptors (Lipinski definition) is 2. The molecule has 0 spiro atoms. The van der Waals surface area contributed by atoms with Gasteiger partial charge in [0.1, 0.15) is 5.82 Å². The topological polar surface area (TPSA) is 34.9 Å². The number of allylic oxidation sites excluding steroid dienone is 4. The predicted octanol–water partition coefficient (Wildman–Crippen LogP) is 7.71. The first-order valence-corrected chi connectivity index (χ1v) is 12.0. The van der Waals surface area contributed by atoms with Crippen molar-refractivity contribution in [3.05, 3.63) is 120 Å². The van der Waals surface area contributed by atoms with E-state index in [1.165, 1.54) is 32.3 Å². The SMILES string of the molecule is O=c1c2ccccc2nc(-c2ccc3c4ccccc4c4ccccc4c3c2)n1C1=CCCC=C1. The molecule has 5 aromatic carbocycles. The largest absolute Gasteiger partial charge is 0.268 e. The van der Waals surface area contributed by atoms with Crippen LogP contribution in [0.2, 0.25) is 0 Å². The van der Waals surface area contributed by atoms with Gasteiger partial charge in [-0.05, 0) is 69.4 Å². The maximum absolute atomic E-state index is 13.7. The van der Waals surface area contributed by atoms with Crippen LogP contribution >= 0.6 is 0 Å². The summed E-state index contributed by atoms with van der Waals surface area (Å²) in [7, 11) is 0. The summed E-state index contributed by atoms with van der Waals surface area (Å²) in [6.07, 6.45) is 8.20. The molecule has 1 aliphatic carbocycles. The molecule has 0 unspecified atom stereocenters. The van der Waals surface area contributed by atoms with Crippen molar-refractivity contribution in [2.24, 2.45) is 0 Å². The monoisotopic (exact) mass is 450 g/mol. The molecular formula is C32H22N2O. The number of benzene rings is 5. The fourth-order valence-corrected chi connectivity index (χ4v) is 5.38. The fraction of sp³-hybridized carbons (Fsp3) is 0.0625. The minimum absolute atomic E-state index is 0.0353. The third-order valence-corrected chi connectivity index (χ3v) is 7.01. The van der Waals surface area contributed by atoms with Crippen LogP contribution in [0.15, 0.2) is 114 Å². The van der Waals surface area contributed by atoms with Gasteiger partial charge >= 0.3 is 0 Å². The standard InChI is InChI=1S/C32H22N2O/c35-32-28-16-8-9-17-30(28)33-31(34(32)22-10-2-1-3-11-22)21-18-19-27-25-14-5-4-12-23(25)24-13-6-7-15-26(24)29(27)20-21/h2,4-20H,1,3H2. The van der Waals surface area contributed by atoms with Gasteiger partial charge in [-0.2, -0.15) is 0 Å². The van der Waals surface area contributed by atoms with E-state index in [4.69, 9.17) is 4.98 Å². The van der Waals surface area contributed by atoms with Gasteiger partial charge in [-0.15, -0.1) is 0 Å². The van der Waals surface area contributed by atoms with E-state index in [1.807, 2.05) is 30.3 Å². The van der Waals surface area contributed by atoms with Gasteiger partial charge in [0, 0.05) is 11.3 Å². The number of hydrogen-bond donors (Lipinski definition) is 0. The molecule has 0 saturated carbocycles. The minimum Gasteiger partial charge on any atom is -0.268 e. The van der Waals surface area contributed by atoms with E-state index in [1.54, 1.807) is 4.57 Å². The Bertz CT molecular complexity index is 1890. The molecule has 0 bridgehead atoms. The van der Waals surface area contributed by atoms with Gasteiger partial charge < -0.3 is 0 Å². The lowest BCUT2D eigenvalue weighted by Crippen LogP contribution is -2.22. The van der Waals surface area contributed by atoms with Crippen LogP contribution in [0.25, 0.3) is 60.3 Å². The third kappa shape index (κ3) is 3.05. The second-order valence-electron chi connectivity index (χ2n) is 9.05. The molecule has 7 rings (SSSR count). The summed E-state index contributed by atoms with van der Waals surface area (Å²) in [4.78, 5) is 18.7. The van der Waals surface area contributed by atoms with E-state index in [2.05, 4.69) is 78.9 Å². The molecule has 0 N–H and O–H groups in total. The second-order valence-corrected chi connectivity index (χ2v) is 9.05. The van der Waals surface area contributed by atoms with Crippen molar-refractivity contribution in [2.75, 3.05) is 0 Å². The first kappa shape index (κ1) is 19.9. The normalized spacial score (nSPS) is 13.7. The maximum Gasteiger partial charge on any atom is 0.266 e. The average Bonchev–Trinajstić information content (AvgIpc) is 2.93. The summed E-state index contributed by atoms with van der Waals surface area (Å²) >= 11 is 0. The van der Waals surface area contributed by atoms with Gasteiger partial charge in [-0.1, -0.05) is 84.9 Å². The lowest BCUT2D eigenvalue weighted by atomic mass is 9.93. The quantitative estimate of drug-likeness (QED) is 0.253. The zero-order valence-electron chi connectivity index (χ0n) is 19.1. The van der Waals surface area contributed by atoms with Gasteiger partial charge in [-0.25, -0.2) is 4.98 Å². The van der Waals surface area contributed by atoms with Crippen LogP contribution in [-0.4, -0.2) is 9.55 Å². The Balaban J connectivity index is 1.60. The summed E-state index contributed by atoms with van der Waals surface area (Å²) in [6.45, 7) is 0. The Morgan fingerprint density at radius 3 is 1.89 bits per heavy atom. The van der Waals surface area contributed by atoms with Crippen LogP contribution < -0.4 is 5.56 Å². The van der Waals surface area contributed by atoms with Crippen LogP contribution in [0.5, 0.6) is 0 Å². The Hall–Kier alpha value is -4.50. The predicted molar refractivity (Wildman–Crippen MR) is 147 cm³/mol. The summed E-state index contributed by atoms with van der Waals surface area (Å²) in [5, 5.41) is 7.92. The molecule has 1 heterocycles. The molecule has 35 heavy (non-hydrogen) atoms. The maximum atomic E-state index is 13.7. The molecular weight excluding hydrogens is 428 g/mol. The molecule has 0 atom stereocenters. The van der Waals surface area contributed by atoms with E-state index in [0.29, 0.717) is 16.7 Å². The minimum atomic E-state index is -0.0353. The molecule has 3 nitrogen and oxygen atoms in total. The molecule has 166 valence electrons. The first-order chi connectivity index (χ1) is 17.3. The fourth-order valence-electron chi connectivity index (χ4n) is 5.38. The molecule has 0 aliphatic heterocycles. The number of aromatic nitrogens is 2. The molecule has 1 aliphatic rings. The van der Waals surface area contributed by atoms with Crippen LogP contribution in [0.4, 0.5) is 0 Å². The van der Waals surface area contributed by atoms with Crippen molar-refractivity contribution in [2.45, 2.75) is 12.8 Å². The van der Waals surface area contributed by atoms with Gasteiger partial charge in [0.2, 0.25) is 0 Å². The molecule has 0 radical (unpaired) electrons. The third-order valence-electron chi connectivity index (χ3n) is 7.01. The lowest BCUT2D eigenvalue weighted by molar-refractivity contribution is 0.962. The number of fused-ring (bicyclic) bond motifs is 7. The Morgan fingerprint density at radius 1 is 0.629 bits per heavy atom. The van der Waals surface area contributed by atoms with E-state index < -0.39 is 0 Å². The van der Waals surface area contributed by atoms with E-state index >= 15 is 0 Å². The molecule has 0 amide bonds. The van der Waals surface area contributed by atoms with Crippen LogP contribution in [-0.2, 0) is 0 Å². The second kappa shape index (κ2) is 7.78. The van der Waals surface area contributed by atoms with Gasteiger partial charge in [-0.3, -0.25) is 9.36 Å².